The molecule has 0 aliphatic rings. The van der Waals surface area contributed by atoms with E-state index in [1.54, 1.807) is 14.0 Å². The lowest BCUT2D eigenvalue weighted by Crippen LogP contribution is -2.22. The van der Waals surface area contributed by atoms with Gasteiger partial charge in [-0.05, 0) is 13.0 Å². The van der Waals surface area contributed by atoms with Gasteiger partial charge < -0.3 is 4.57 Å². The van der Waals surface area contributed by atoms with Crippen molar-refractivity contribution >= 4 is 17.4 Å². The van der Waals surface area contributed by atoms with Crippen LogP contribution in [0.1, 0.15) is 21.6 Å². The van der Waals surface area contributed by atoms with Gasteiger partial charge in [-0.3, -0.25) is 9.48 Å². The van der Waals surface area contributed by atoms with Crippen molar-refractivity contribution < 1.29 is 18.0 Å². The Hall–Kier alpha value is -1.76. The SMILES string of the molecule is Cc1nn(C)c(Cl)c1Cn1ccc(C(=O)C(F)(F)F)c1. The zero-order valence-electron chi connectivity index (χ0n) is 10.7. The maximum atomic E-state index is 12.3. The number of alkyl halides is 3. The van der Waals surface area contributed by atoms with Gasteiger partial charge in [-0.25, -0.2) is 0 Å². The molecule has 0 fully saturated rings. The fourth-order valence-electron chi connectivity index (χ4n) is 1.87. The van der Waals surface area contributed by atoms with E-state index in [1.165, 1.54) is 15.4 Å². The quantitative estimate of drug-likeness (QED) is 0.818. The monoisotopic (exact) mass is 305 g/mol. The normalized spacial score (nSPS) is 11.9. The molecule has 0 spiro atoms. The molecule has 0 radical (unpaired) electrons. The summed E-state index contributed by atoms with van der Waals surface area (Å²) in [4.78, 5) is 11.1. The van der Waals surface area contributed by atoms with E-state index in [-0.39, 0.29) is 6.54 Å². The van der Waals surface area contributed by atoms with E-state index in [0.717, 1.165) is 12.3 Å². The summed E-state index contributed by atoms with van der Waals surface area (Å²) >= 11 is 6.05. The van der Waals surface area contributed by atoms with Gasteiger partial charge in [0.15, 0.2) is 0 Å². The van der Waals surface area contributed by atoms with E-state index in [4.69, 9.17) is 11.6 Å². The molecule has 0 unspecified atom stereocenters. The lowest BCUT2D eigenvalue weighted by Gasteiger charge is -2.04. The van der Waals surface area contributed by atoms with Crippen molar-refractivity contribution in [3.63, 3.8) is 0 Å². The summed E-state index contributed by atoms with van der Waals surface area (Å²) in [6, 6.07) is 1.13. The van der Waals surface area contributed by atoms with E-state index in [1.807, 2.05) is 0 Å². The number of ketones is 1. The van der Waals surface area contributed by atoms with Crippen LogP contribution in [0.2, 0.25) is 5.15 Å². The van der Waals surface area contributed by atoms with Crippen LogP contribution in [0.25, 0.3) is 0 Å². The predicted octanol–water partition coefficient (Wildman–Crippen LogP) is 2.98. The van der Waals surface area contributed by atoms with Crippen LogP contribution in [0.5, 0.6) is 0 Å². The summed E-state index contributed by atoms with van der Waals surface area (Å²) in [5.41, 5.74) is 1.00. The Bertz CT molecular complexity index is 657. The Morgan fingerprint density at radius 3 is 2.60 bits per heavy atom. The first-order valence-corrected chi connectivity index (χ1v) is 6.03. The first kappa shape index (κ1) is 14.6. The second-order valence-corrected chi connectivity index (χ2v) is 4.74. The molecule has 4 nitrogen and oxygen atoms in total. The Labute approximate surface area is 117 Å². The number of hydrogen-bond donors (Lipinski definition) is 0. The summed E-state index contributed by atoms with van der Waals surface area (Å²) in [5, 5.41) is 4.53. The van der Waals surface area contributed by atoms with Gasteiger partial charge in [-0.2, -0.15) is 18.3 Å². The van der Waals surface area contributed by atoms with Crippen LogP contribution >= 0.6 is 11.6 Å². The topological polar surface area (TPSA) is 39.8 Å². The Balaban J connectivity index is 2.24. The Morgan fingerprint density at radius 2 is 2.10 bits per heavy atom. The maximum absolute atomic E-state index is 12.3. The second kappa shape index (κ2) is 4.97. The molecule has 0 saturated heterocycles. The van der Waals surface area contributed by atoms with E-state index in [9.17, 15) is 18.0 Å². The minimum Gasteiger partial charge on any atom is -0.349 e. The van der Waals surface area contributed by atoms with Gasteiger partial charge >= 0.3 is 6.18 Å². The highest BCUT2D eigenvalue weighted by atomic mass is 35.5. The summed E-state index contributed by atoms with van der Waals surface area (Å²) in [7, 11) is 1.67. The summed E-state index contributed by atoms with van der Waals surface area (Å²) in [5.74, 6) is -1.86. The van der Waals surface area contributed by atoms with Crippen LogP contribution in [0.3, 0.4) is 0 Å². The number of hydrogen-bond acceptors (Lipinski definition) is 2. The first-order valence-electron chi connectivity index (χ1n) is 5.65. The minimum atomic E-state index is -4.87. The predicted molar refractivity (Wildman–Crippen MR) is 66.9 cm³/mol. The molecule has 8 heteroatoms. The fraction of sp³-hybridized carbons (Fsp3) is 0.333. The minimum absolute atomic E-state index is 0.254. The molecule has 0 aliphatic heterocycles. The van der Waals surface area contributed by atoms with E-state index in [2.05, 4.69) is 5.10 Å². The van der Waals surface area contributed by atoms with E-state index >= 15 is 0 Å². The van der Waals surface area contributed by atoms with Crippen molar-refractivity contribution in [2.75, 3.05) is 0 Å². The van der Waals surface area contributed by atoms with Crippen LogP contribution in [0.4, 0.5) is 13.2 Å². The lowest BCUT2D eigenvalue weighted by atomic mass is 10.2. The van der Waals surface area contributed by atoms with E-state index < -0.39 is 17.5 Å². The van der Waals surface area contributed by atoms with Crippen LogP contribution < -0.4 is 0 Å². The zero-order valence-corrected chi connectivity index (χ0v) is 11.5. The number of carbonyl (C=O) groups excluding carboxylic acids is 1. The van der Waals surface area contributed by atoms with Crippen LogP contribution in [0, 0.1) is 6.92 Å². The third-order valence-electron chi connectivity index (χ3n) is 2.88. The third kappa shape index (κ3) is 2.72. The fourth-order valence-corrected chi connectivity index (χ4v) is 2.11. The van der Waals surface area contributed by atoms with Gasteiger partial charge in [0.25, 0.3) is 5.78 Å². The van der Waals surface area contributed by atoms with Crippen LogP contribution in [-0.2, 0) is 13.6 Å². The molecule has 108 valence electrons. The van der Waals surface area contributed by atoms with Crippen molar-refractivity contribution in [1.82, 2.24) is 14.3 Å². The maximum Gasteiger partial charge on any atom is 0.454 e. The highest BCUT2D eigenvalue weighted by molar-refractivity contribution is 6.30. The molecule has 2 rings (SSSR count). The molecule has 2 heterocycles. The number of aromatic nitrogens is 3. The van der Waals surface area contributed by atoms with Gasteiger partial charge in [-0.1, -0.05) is 11.6 Å². The molecule has 0 aromatic carbocycles. The average molecular weight is 306 g/mol. The first-order chi connectivity index (χ1) is 9.20. The molecule has 2 aromatic heterocycles. The number of rotatable bonds is 3. The van der Waals surface area contributed by atoms with Crippen molar-refractivity contribution in [3.05, 3.63) is 40.4 Å². The van der Waals surface area contributed by atoms with Crippen molar-refractivity contribution in [3.8, 4) is 0 Å². The Kier molecular flexibility index (Phi) is 3.64. The third-order valence-corrected chi connectivity index (χ3v) is 3.35. The lowest BCUT2D eigenvalue weighted by molar-refractivity contribution is -0.0885. The summed E-state index contributed by atoms with van der Waals surface area (Å²) < 4.78 is 39.9. The summed E-state index contributed by atoms with van der Waals surface area (Å²) in [6.07, 6.45) is -2.31. The molecule has 0 amide bonds. The summed E-state index contributed by atoms with van der Waals surface area (Å²) in [6.45, 7) is 2.01. The number of Topliss-reactive ketones (excluding diaryl/α,β-unsaturated/α-hetero) is 1. The van der Waals surface area contributed by atoms with Crippen LogP contribution in [0.15, 0.2) is 18.5 Å². The van der Waals surface area contributed by atoms with E-state index in [0.29, 0.717) is 16.4 Å². The molecule has 2 aromatic rings. The molecule has 0 saturated carbocycles. The van der Waals surface area contributed by atoms with Gasteiger partial charge in [-0.15, -0.1) is 0 Å². The Morgan fingerprint density at radius 1 is 1.45 bits per heavy atom. The molecule has 0 N–H and O–H groups in total. The van der Waals surface area contributed by atoms with Gasteiger partial charge in [0.2, 0.25) is 0 Å². The number of carbonyl (C=O) groups is 1. The smallest absolute Gasteiger partial charge is 0.349 e. The number of nitrogens with zero attached hydrogens (tertiary/aromatic N) is 3. The molecule has 0 atom stereocenters. The molecule has 0 bridgehead atoms. The van der Waals surface area contributed by atoms with Crippen molar-refractivity contribution in [2.45, 2.75) is 19.6 Å². The highest BCUT2D eigenvalue weighted by Crippen LogP contribution is 2.23. The van der Waals surface area contributed by atoms with Gasteiger partial charge in [0, 0.05) is 30.6 Å². The molecular weight excluding hydrogens is 295 g/mol. The average Bonchev–Trinajstić information content (AvgIpc) is 2.88. The zero-order chi connectivity index (χ0) is 15.1. The van der Waals surface area contributed by atoms with Crippen molar-refractivity contribution in [2.24, 2.45) is 7.05 Å². The molecule has 0 aliphatic carbocycles. The second-order valence-electron chi connectivity index (χ2n) is 4.38. The molecule has 20 heavy (non-hydrogen) atoms. The highest BCUT2D eigenvalue weighted by Gasteiger charge is 2.39. The number of aryl methyl sites for hydroxylation is 2. The standard InChI is InChI=1S/C12H11ClF3N3O/c1-7-9(11(13)18(2)17-7)6-19-4-3-8(5-19)10(20)12(14,15)16/h3-5H,6H2,1-2H3. The molecular formula is C12H11ClF3N3O. The largest absolute Gasteiger partial charge is 0.454 e. The number of halogens is 4. The van der Waals surface area contributed by atoms with Gasteiger partial charge in [0.1, 0.15) is 5.15 Å². The van der Waals surface area contributed by atoms with Crippen LogP contribution in [-0.4, -0.2) is 26.3 Å². The van der Waals surface area contributed by atoms with Crippen molar-refractivity contribution in [1.29, 1.82) is 0 Å². The van der Waals surface area contributed by atoms with Gasteiger partial charge in [0.05, 0.1) is 12.2 Å².